The van der Waals surface area contributed by atoms with Crippen molar-refractivity contribution < 1.29 is 24.0 Å². The smallest absolute Gasteiger partial charge is 0.326 e. The first-order chi connectivity index (χ1) is 9.72. The van der Waals surface area contributed by atoms with Gasteiger partial charge in [0.1, 0.15) is 11.8 Å². The number of carbonyl (C=O) groups excluding carboxylic acids is 2. The van der Waals surface area contributed by atoms with Crippen LogP contribution < -0.4 is 16.4 Å². The minimum atomic E-state index is -1.38. The van der Waals surface area contributed by atoms with E-state index in [2.05, 4.69) is 15.8 Å². The number of hydrogen-bond donors (Lipinski definition) is 4. The number of amides is 3. The van der Waals surface area contributed by atoms with Crippen LogP contribution in [0.2, 0.25) is 0 Å². The molecule has 0 aliphatic heterocycles. The summed E-state index contributed by atoms with van der Waals surface area (Å²) in [5.41, 5.74) is 6.28. The summed E-state index contributed by atoms with van der Waals surface area (Å²) in [5, 5.41) is 17.4. The minimum absolute atomic E-state index is 0.431. The third kappa shape index (κ3) is 4.48. The predicted octanol–water partition coefficient (Wildman–Crippen LogP) is -0.0198. The van der Waals surface area contributed by atoms with Gasteiger partial charge < -0.3 is 26.0 Å². The molecule has 2 atom stereocenters. The number of aromatic nitrogens is 1. The zero-order chi connectivity index (χ0) is 16.2. The Morgan fingerprint density at radius 1 is 1.33 bits per heavy atom. The molecule has 5 N–H and O–H groups in total. The Balaban J connectivity index is 2.68. The molecule has 116 valence electrons. The van der Waals surface area contributed by atoms with E-state index in [1.165, 1.54) is 0 Å². The normalized spacial score (nSPS) is 13.3. The maximum absolute atomic E-state index is 11.8. The molecule has 0 radical (unpaired) electrons. The van der Waals surface area contributed by atoms with Crippen molar-refractivity contribution in [1.82, 2.24) is 15.8 Å². The Morgan fingerprint density at radius 3 is 2.38 bits per heavy atom. The molecule has 0 saturated heterocycles. The van der Waals surface area contributed by atoms with Crippen LogP contribution >= 0.6 is 0 Å². The lowest BCUT2D eigenvalue weighted by molar-refractivity contribution is -0.140. The number of urea groups is 1. The molecule has 0 aliphatic rings. The van der Waals surface area contributed by atoms with Gasteiger partial charge in [-0.1, -0.05) is 5.16 Å². The van der Waals surface area contributed by atoms with Gasteiger partial charge in [-0.15, -0.1) is 0 Å². The number of carboxylic acids is 1. The number of carbonyl (C=O) groups is 3. The zero-order valence-electron chi connectivity index (χ0n) is 12.0. The second-order valence-electron chi connectivity index (χ2n) is 4.64. The van der Waals surface area contributed by atoms with Crippen LogP contribution in [0.25, 0.3) is 0 Å². The SMILES string of the molecule is Cc1noc(C)c1C(C)NC(=O)N[C@@H](CC(N)=O)C(=O)O. The molecule has 0 spiro atoms. The summed E-state index contributed by atoms with van der Waals surface area (Å²) < 4.78 is 4.99. The summed E-state index contributed by atoms with van der Waals surface area (Å²) in [5.74, 6) is -1.59. The van der Waals surface area contributed by atoms with Crippen LogP contribution in [0.15, 0.2) is 4.52 Å². The van der Waals surface area contributed by atoms with Gasteiger partial charge in [-0.3, -0.25) is 4.79 Å². The highest BCUT2D eigenvalue weighted by molar-refractivity contribution is 5.87. The van der Waals surface area contributed by atoms with E-state index in [9.17, 15) is 14.4 Å². The number of nitrogens with zero attached hydrogens (tertiary/aromatic N) is 1. The average molecular weight is 298 g/mol. The molecule has 1 aromatic heterocycles. The molecule has 9 nitrogen and oxygen atoms in total. The number of aryl methyl sites for hydroxylation is 2. The first-order valence-electron chi connectivity index (χ1n) is 6.23. The topological polar surface area (TPSA) is 148 Å². The molecule has 1 rings (SSSR count). The summed E-state index contributed by atoms with van der Waals surface area (Å²) in [6.45, 7) is 5.14. The van der Waals surface area contributed by atoms with Crippen LogP contribution in [0.1, 0.15) is 36.4 Å². The van der Waals surface area contributed by atoms with Crippen LogP contribution in [0.4, 0.5) is 4.79 Å². The number of aliphatic carboxylic acids is 1. The van der Waals surface area contributed by atoms with Gasteiger partial charge in [0.25, 0.3) is 0 Å². The van der Waals surface area contributed by atoms with Crippen molar-refractivity contribution >= 4 is 17.9 Å². The lowest BCUT2D eigenvalue weighted by Gasteiger charge is -2.17. The third-order valence-corrected chi connectivity index (χ3v) is 2.88. The summed E-state index contributed by atoms with van der Waals surface area (Å²) in [4.78, 5) is 33.5. The molecule has 0 saturated carbocycles. The zero-order valence-corrected chi connectivity index (χ0v) is 12.0. The summed E-state index contributed by atoms with van der Waals surface area (Å²) in [6, 6.07) is -2.53. The third-order valence-electron chi connectivity index (χ3n) is 2.88. The second-order valence-corrected chi connectivity index (χ2v) is 4.64. The number of primary amides is 1. The van der Waals surface area contributed by atoms with Crippen LogP contribution in [0.3, 0.4) is 0 Å². The number of nitrogens with two attached hydrogens (primary N) is 1. The molecule has 3 amide bonds. The molecule has 9 heteroatoms. The molecule has 0 aliphatic carbocycles. The van der Waals surface area contributed by atoms with Gasteiger partial charge in [0, 0.05) is 5.56 Å². The first-order valence-corrected chi connectivity index (χ1v) is 6.23. The second kappa shape index (κ2) is 6.73. The van der Waals surface area contributed by atoms with E-state index >= 15 is 0 Å². The van der Waals surface area contributed by atoms with Crippen molar-refractivity contribution in [2.75, 3.05) is 0 Å². The minimum Gasteiger partial charge on any atom is -0.480 e. The summed E-state index contributed by atoms with van der Waals surface area (Å²) in [6.07, 6.45) is -0.484. The molecular weight excluding hydrogens is 280 g/mol. The van der Waals surface area contributed by atoms with Crippen molar-refractivity contribution in [2.45, 2.75) is 39.3 Å². The number of nitrogens with one attached hydrogen (secondary N) is 2. The quantitative estimate of drug-likeness (QED) is 0.580. The Hall–Kier alpha value is -2.58. The fourth-order valence-corrected chi connectivity index (χ4v) is 1.98. The van der Waals surface area contributed by atoms with Gasteiger partial charge in [0.05, 0.1) is 18.2 Å². The number of hydrogen-bond acceptors (Lipinski definition) is 5. The van der Waals surface area contributed by atoms with Crippen molar-refractivity contribution in [3.05, 3.63) is 17.0 Å². The lowest BCUT2D eigenvalue weighted by Crippen LogP contribution is -2.48. The molecule has 21 heavy (non-hydrogen) atoms. The Morgan fingerprint density at radius 2 is 1.95 bits per heavy atom. The number of carboxylic acid groups (broad SMARTS) is 1. The largest absolute Gasteiger partial charge is 0.480 e. The maximum atomic E-state index is 11.8. The predicted molar refractivity (Wildman–Crippen MR) is 71.3 cm³/mol. The van der Waals surface area contributed by atoms with E-state index in [1.807, 2.05) is 0 Å². The molecule has 0 aromatic carbocycles. The van der Waals surface area contributed by atoms with Crippen LogP contribution in [-0.2, 0) is 9.59 Å². The highest BCUT2D eigenvalue weighted by atomic mass is 16.5. The average Bonchev–Trinajstić information content (AvgIpc) is 2.67. The van der Waals surface area contributed by atoms with Crippen LogP contribution in [-0.4, -0.2) is 34.2 Å². The van der Waals surface area contributed by atoms with Gasteiger partial charge in [0.15, 0.2) is 0 Å². The van der Waals surface area contributed by atoms with E-state index < -0.39 is 36.4 Å². The van der Waals surface area contributed by atoms with Gasteiger partial charge in [-0.05, 0) is 20.8 Å². The van der Waals surface area contributed by atoms with Gasteiger partial charge in [0.2, 0.25) is 5.91 Å². The van der Waals surface area contributed by atoms with E-state index in [0.717, 1.165) is 0 Å². The van der Waals surface area contributed by atoms with Crippen molar-refractivity contribution in [3.8, 4) is 0 Å². The fourth-order valence-electron chi connectivity index (χ4n) is 1.98. The van der Waals surface area contributed by atoms with Crippen molar-refractivity contribution in [3.63, 3.8) is 0 Å². The Kier molecular flexibility index (Phi) is 5.28. The maximum Gasteiger partial charge on any atom is 0.326 e. The first kappa shape index (κ1) is 16.5. The Bertz CT molecular complexity index is 534. The molecule has 1 aromatic rings. The highest BCUT2D eigenvalue weighted by Gasteiger charge is 2.24. The number of rotatable bonds is 6. The lowest BCUT2D eigenvalue weighted by atomic mass is 10.1. The van der Waals surface area contributed by atoms with Crippen LogP contribution in [0, 0.1) is 13.8 Å². The van der Waals surface area contributed by atoms with E-state index in [-0.39, 0.29) is 0 Å². The van der Waals surface area contributed by atoms with Crippen molar-refractivity contribution in [1.29, 1.82) is 0 Å². The van der Waals surface area contributed by atoms with Gasteiger partial charge in [-0.25, -0.2) is 9.59 Å². The molecule has 1 unspecified atom stereocenters. The molecule has 1 heterocycles. The van der Waals surface area contributed by atoms with E-state index in [4.69, 9.17) is 15.4 Å². The summed E-state index contributed by atoms with van der Waals surface area (Å²) >= 11 is 0. The van der Waals surface area contributed by atoms with E-state index in [0.29, 0.717) is 17.0 Å². The monoisotopic (exact) mass is 298 g/mol. The Labute approximate surface area is 120 Å². The molecular formula is C12H18N4O5. The highest BCUT2D eigenvalue weighted by Crippen LogP contribution is 2.20. The fraction of sp³-hybridized carbons (Fsp3) is 0.500. The van der Waals surface area contributed by atoms with Crippen LogP contribution in [0.5, 0.6) is 0 Å². The molecule has 0 bridgehead atoms. The van der Waals surface area contributed by atoms with Gasteiger partial charge in [-0.2, -0.15) is 0 Å². The summed E-state index contributed by atoms with van der Waals surface area (Å²) in [7, 11) is 0. The van der Waals surface area contributed by atoms with E-state index in [1.54, 1.807) is 20.8 Å². The molecule has 0 fully saturated rings. The van der Waals surface area contributed by atoms with Gasteiger partial charge >= 0.3 is 12.0 Å². The standard InChI is InChI=1S/C12H18N4O5/c1-5(10-6(2)16-21-7(10)3)14-12(20)15-8(11(18)19)4-9(13)17/h5,8H,4H2,1-3H3,(H2,13,17)(H,18,19)(H2,14,15,20)/t5?,8-/m0/s1. The van der Waals surface area contributed by atoms with Crippen molar-refractivity contribution in [2.24, 2.45) is 5.73 Å².